The van der Waals surface area contributed by atoms with Crippen LogP contribution in [0.4, 0.5) is 17.6 Å². The summed E-state index contributed by atoms with van der Waals surface area (Å²) in [6.07, 6.45) is 11.5. The maximum absolute atomic E-state index is 14.2. The summed E-state index contributed by atoms with van der Waals surface area (Å²) in [5.74, 6) is -6.64. The van der Waals surface area contributed by atoms with E-state index in [-0.39, 0.29) is 84.0 Å². The van der Waals surface area contributed by atoms with E-state index in [0.717, 1.165) is 74.5 Å². The van der Waals surface area contributed by atoms with Gasteiger partial charge >= 0.3 is 35.1 Å². The summed E-state index contributed by atoms with van der Waals surface area (Å²) < 4.78 is 116. The Balaban J connectivity index is 0.000000194. The number of methoxy groups -OCH3 is 1. The summed E-state index contributed by atoms with van der Waals surface area (Å²) in [5, 5.41) is -3.45. The van der Waals surface area contributed by atoms with Crippen LogP contribution < -0.4 is 4.74 Å². The molecular formula is C71H86F4O15S2. The summed E-state index contributed by atoms with van der Waals surface area (Å²) in [4.78, 5) is 93.9. The first-order valence-corrected chi connectivity index (χ1v) is 35.8. The number of Topliss-reactive ketones (excluding diaryl/α,β-unsaturated/α-hetero) is 3. The highest BCUT2D eigenvalue weighted by Gasteiger charge is 2.67. The molecule has 13 rings (SSSR count). The second kappa shape index (κ2) is 25.7. The Kier molecular flexibility index (Phi) is 18.9. The van der Waals surface area contributed by atoms with Gasteiger partial charge in [0, 0.05) is 82.4 Å². The quantitative estimate of drug-likeness (QED) is 0.0264. The number of fused-ring (bicyclic) bond motifs is 8. The van der Waals surface area contributed by atoms with E-state index in [0.29, 0.717) is 61.7 Å². The molecule has 9 saturated carbocycles. The minimum Gasteiger partial charge on any atom is -0.743 e. The van der Waals surface area contributed by atoms with Crippen LogP contribution in [0.5, 0.6) is 5.75 Å². The number of ether oxygens (including phenoxy) is 5. The van der Waals surface area contributed by atoms with Crippen molar-refractivity contribution in [1.29, 1.82) is 0 Å². The fourth-order valence-corrected chi connectivity index (χ4v) is 21.8. The number of carbonyl (C=O) groups is 7. The molecule has 4 aromatic rings. The van der Waals surface area contributed by atoms with Crippen molar-refractivity contribution in [3.63, 3.8) is 0 Å². The molecule has 1 heterocycles. The van der Waals surface area contributed by atoms with Gasteiger partial charge in [-0.15, -0.1) is 0 Å². The Morgan fingerprint density at radius 2 is 1.38 bits per heavy atom. The van der Waals surface area contributed by atoms with Crippen molar-refractivity contribution in [2.45, 2.75) is 198 Å². The van der Waals surface area contributed by atoms with E-state index in [2.05, 4.69) is 67.1 Å². The van der Waals surface area contributed by atoms with Gasteiger partial charge in [0.05, 0.1) is 32.5 Å². The fourth-order valence-electron chi connectivity index (χ4n) is 19.0. The summed E-state index contributed by atoms with van der Waals surface area (Å²) in [6.45, 7) is 8.32. The van der Waals surface area contributed by atoms with Gasteiger partial charge in [-0.1, -0.05) is 52.0 Å². The Bertz CT molecular complexity index is 3570. The van der Waals surface area contributed by atoms with E-state index >= 15 is 0 Å². The zero-order valence-corrected chi connectivity index (χ0v) is 55.1. The van der Waals surface area contributed by atoms with Crippen molar-refractivity contribution in [2.75, 3.05) is 20.3 Å². The predicted octanol–water partition coefficient (Wildman–Crippen LogP) is 14.5. The Labute approximate surface area is 538 Å². The average Bonchev–Trinajstić information content (AvgIpc) is 1.33. The largest absolute Gasteiger partial charge is 0.743 e. The van der Waals surface area contributed by atoms with Crippen LogP contribution in [-0.4, -0.2) is 96.9 Å². The number of thiophene rings is 1. The second-order valence-electron chi connectivity index (χ2n) is 28.9. The Morgan fingerprint density at radius 1 is 0.750 bits per heavy atom. The number of rotatable bonds is 20. The maximum Gasteiger partial charge on any atom is 0.396 e. The molecule has 15 nitrogen and oxygen atoms in total. The number of hydrogen-bond acceptors (Lipinski definition) is 15. The van der Waals surface area contributed by atoms with Crippen molar-refractivity contribution in [1.82, 2.24) is 0 Å². The van der Waals surface area contributed by atoms with Crippen molar-refractivity contribution in [3.8, 4) is 10.6 Å². The number of alkyl halides is 4. The average molecular weight is 1320 g/mol. The molecule has 0 radical (unpaired) electrons. The molecule has 0 N–H and O–H groups in total. The third kappa shape index (κ3) is 12.4. The van der Waals surface area contributed by atoms with E-state index in [9.17, 15) is 64.1 Å². The lowest BCUT2D eigenvalue weighted by Crippen LogP contribution is -2.60. The van der Waals surface area contributed by atoms with Crippen LogP contribution >= 0.6 is 10.5 Å². The highest BCUT2D eigenvalue weighted by atomic mass is 32.2. The lowest BCUT2D eigenvalue weighted by Gasteiger charge is -2.59. The van der Waals surface area contributed by atoms with E-state index in [4.69, 9.17) is 18.9 Å². The number of halogens is 4. The zero-order chi connectivity index (χ0) is 66.1. The molecule has 1 aromatic heterocycles. The van der Waals surface area contributed by atoms with Gasteiger partial charge in [-0.05, 0) is 186 Å². The monoisotopic (exact) mass is 1320 g/mol. The van der Waals surface area contributed by atoms with Crippen molar-refractivity contribution >= 4 is 82.0 Å². The van der Waals surface area contributed by atoms with Gasteiger partial charge in [0.25, 0.3) is 0 Å². The lowest BCUT2D eigenvalue weighted by molar-refractivity contribution is -0.207. The first-order chi connectivity index (χ1) is 43.5. The molecule has 8 unspecified atom stereocenters. The predicted molar refractivity (Wildman–Crippen MR) is 334 cm³/mol. The normalized spacial score (nSPS) is 31.2. The van der Waals surface area contributed by atoms with E-state index in [1.54, 1.807) is 7.11 Å². The first kappa shape index (κ1) is 67.6. The lowest BCUT2D eigenvalue weighted by atomic mass is 9.44. The van der Waals surface area contributed by atoms with Crippen molar-refractivity contribution in [2.24, 2.45) is 70.0 Å². The van der Waals surface area contributed by atoms with E-state index in [1.165, 1.54) is 26.6 Å². The van der Waals surface area contributed by atoms with Gasteiger partial charge in [0.15, 0.2) is 31.0 Å². The highest BCUT2D eigenvalue weighted by Crippen LogP contribution is 2.67. The van der Waals surface area contributed by atoms with Crippen LogP contribution in [0.1, 0.15) is 181 Å². The molecule has 9 atom stereocenters. The van der Waals surface area contributed by atoms with Crippen LogP contribution in [0.25, 0.3) is 25.1 Å². The molecule has 9 fully saturated rings. The first-order valence-electron chi connectivity index (χ1n) is 33.1. The number of carbonyl (C=O) groups excluding carboxylic acids is 7. The van der Waals surface area contributed by atoms with Crippen LogP contribution in [0.2, 0.25) is 0 Å². The van der Waals surface area contributed by atoms with Crippen molar-refractivity contribution < 1.29 is 87.8 Å². The summed E-state index contributed by atoms with van der Waals surface area (Å²) in [6, 6.07) is 22.7. The highest BCUT2D eigenvalue weighted by molar-refractivity contribution is 7.86. The Hall–Kier alpha value is -5.80. The number of benzene rings is 3. The molecule has 4 bridgehead atoms. The van der Waals surface area contributed by atoms with Gasteiger partial charge in [-0.2, -0.15) is 17.6 Å². The van der Waals surface area contributed by atoms with Gasteiger partial charge in [0.1, 0.15) is 34.3 Å². The fraction of sp³-hybridized carbons (Fsp3) is 0.648. The molecule has 21 heteroatoms. The molecule has 500 valence electrons. The van der Waals surface area contributed by atoms with E-state index < -0.39 is 97.8 Å². The smallest absolute Gasteiger partial charge is 0.396 e. The standard InChI is InChI=1S/C43H49O7S.C28H38F4O8S/c1-4-43(17-9-10-18-43)50-39(44)25-35(41(46)48-26-40(45)49-42(2)29-20-27-19-28(22-29)23-30(42)21-27)34-24-31(15-16-36(34)47-3)51-37-13-7-5-11-32(37)33-12-6-8-14-38(33)51;1-15(4-7-23(36)40-11-10-27(29,30)28(31,32)41(37,38)39)18-5-6-19-24-20(14-22(35)26(18,19)3)25(2)9-8-17(33)12-16(25)13-21(24)34/h5-8,11-16,24,27-30,35H,4,9-10,17-23,25-26H2,1-3H3;15-16,18-20,24H,4-14H2,1-3H3,(H,37,38,39)/q+1;/p-1/t;15-,16?,18?,19?,20?,24?,25?,26?/m.1/s1. The van der Waals surface area contributed by atoms with Crippen LogP contribution in [0, 0.1) is 70.0 Å². The van der Waals surface area contributed by atoms with Gasteiger partial charge < -0.3 is 28.2 Å². The topological polar surface area (TPSA) is 223 Å². The summed E-state index contributed by atoms with van der Waals surface area (Å²) >= 11 is 0. The van der Waals surface area contributed by atoms with Crippen molar-refractivity contribution in [3.05, 3.63) is 72.3 Å². The number of hydrogen-bond donors (Lipinski definition) is 0. The SMILES string of the molecule is CCC1(OC(=O)CC(C(=O)OCC(=O)OC2(C)C3CC4CC(C3)CC2C4)c2cc(-[s+]3c4ccccc4c4ccccc43)ccc2OC)CCCC1.C[C@H](CCC(=O)OCCC(F)(F)C(F)(F)S(=O)(=O)[O-])C1CCC2C3C(=O)CC4CC(=O)CCC4(C)C3CC(=O)C21C. The maximum atomic E-state index is 14.2. The molecule has 9 aliphatic carbocycles. The van der Waals surface area contributed by atoms with E-state index in [1.807, 2.05) is 39.0 Å². The van der Waals surface area contributed by atoms with Gasteiger partial charge in [-0.3, -0.25) is 28.8 Å². The Morgan fingerprint density at radius 3 is 1.99 bits per heavy atom. The van der Waals surface area contributed by atoms with Crippen LogP contribution in [0.3, 0.4) is 0 Å². The second-order valence-corrected chi connectivity index (χ2v) is 32.2. The molecule has 0 aliphatic heterocycles. The number of ketones is 3. The van der Waals surface area contributed by atoms with Crippen LogP contribution in [0.15, 0.2) is 66.7 Å². The molecule has 0 spiro atoms. The third-order valence-electron chi connectivity index (χ3n) is 24.0. The minimum absolute atomic E-state index is 0.0346. The summed E-state index contributed by atoms with van der Waals surface area (Å²) in [5.41, 5.74) is -1.50. The van der Waals surface area contributed by atoms with Gasteiger partial charge in [0.2, 0.25) is 0 Å². The zero-order valence-electron chi connectivity index (χ0n) is 53.4. The van der Waals surface area contributed by atoms with Gasteiger partial charge in [-0.25, -0.2) is 13.2 Å². The third-order valence-corrected chi connectivity index (χ3v) is 27.3. The number of esters is 4. The summed E-state index contributed by atoms with van der Waals surface area (Å²) in [7, 11) is -5.49. The minimum atomic E-state index is -6.62. The van der Waals surface area contributed by atoms with Crippen LogP contribution in [-0.2, 0) is 62.6 Å². The molecule has 3 aromatic carbocycles. The molecule has 0 amide bonds. The molecule has 9 aliphatic rings. The molecule has 92 heavy (non-hydrogen) atoms. The molecular weight excluding hydrogens is 1230 g/mol. The molecule has 0 saturated heterocycles.